The standard InChI is InChI=1S/C9H18O2S/c1-3-4-5-9(10)11-8(2)6-7-12/h8,12H,3-7H2,1-2H3. The van der Waals surface area contributed by atoms with Gasteiger partial charge in [0, 0.05) is 6.42 Å². The van der Waals surface area contributed by atoms with Crippen molar-refractivity contribution >= 4 is 18.6 Å². The van der Waals surface area contributed by atoms with E-state index in [0.29, 0.717) is 6.42 Å². The summed E-state index contributed by atoms with van der Waals surface area (Å²) in [6.07, 6.45) is 3.36. The average molecular weight is 190 g/mol. The number of hydrogen-bond acceptors (Lipinski definition) is 3. The molecule has 0 aliphatic carbocycles. The Morgan fingerprint density at radius 2 is 2.25 bits per heavy atom. The summed E-state index contributed by atoms with van der Waals surface area (Å²) in [7, 11) is 0. The third-order valence-corrected chi connectivity index (χ3v) is 1.86. The van der Waals surface area contributed by atoms with Crippen molar-refractivity contribution in [2.24, 2.45) is 0 Å². The summed E-state index contributed by atoms with van der Waals surface area (Å²) in [6, 6.07) is 0. The monoisotopic (exact) mass is 190 g/mol. The molecule has 0 N–H and O–H groups in total. The zero-order valence-electron chi connectivity index (χ0n) is 7.88. The number of carbonyl (C=O) groups excluding carboxylic acids is 1. The maximum absolute atomic E-state index is 11.0. The third kappa shape index (κ3) is 6.53. The first-order valence-electron chi connectivity index (χ1n) is 4.51. The maximum atomic E-state index is 11.0. The quantitative estimate of drug-likeness (QED) is 0.514. The highest BCUT2D eigenvalue weighted by molar-refractivity contribution is 7.80. The molecule has 3 heteroatoms. The van der Waals surface area contributed by atoms with Gasteiger partial charge in [0.15, 0.2) is 0 Å². The van der Waals surface area contributed by atoms with E-state index in [2.05, 4.69) is 19.6 Å². The Balaban J connectivity index is 3.40. The summed E-state index contributed by atoms with van der Waals surface area (Å²) >= 11 is 4.06. The fourth-order valence-electron chi connectivity index (χ4n) is 0.845. The number of unbranched alkanes of at least 4 members (excludes halogenated alkanes) is 1. The van der Waals surface area contributed by atoms with Crippen molar-refractivity contribution in [2.75, 3.05) is 5.75 Å². The molecule has 0 saturated carbocycles. The van der Waals surface area contributed by atoms with Gasteiger partial charge < -0.3 is 4.74 Å². The van der Waals surface area contributed by atoms with Gasteiger partial charge in [-0.2, -0.15) is 12.6 Å². The second-order valence-corrected chi connectivity index (χ2v) is 3.36. The van der Waals surface area contributed by atoms with Gasteiger partial charge in [-0.05, 0) is 25.5 Å². The predicted molar refractivity (Wildman–Crippen MR) is 53.5 cm³/mol. The molecule has 0 rings (SSSR count). The highest BCUT2D eigenvalue weighted by Gasteiger charge is 2.07. The number of carbonyl (C=O) groups is 1. The minimum Gasteiger partial charge on any atom is -0.463 e. The molecule has 1 atom stereocenters. The molecule has 0 bridgehead atoms. The van der Waals surface area contributed by atoms with E-state index >= 15 is 0 Å². The fraction of sp³-hybridized carbons (Fsp3) is 0.889. The molecule has 0 heterocycles. The number of esters is 1. The van der Waals surface area contributed by atoms with E-state index in [-0.39, 0.29) is 12.1 Å². The van der Waals surface area contributed by atoms with Crippen molar-refractivity contribution in [2.45, 2.75) is 45.6 Å². The molecule has 12 heavy (non-hydrogen) atoms. The van der Waals surface area contributed by atoms with Crippen molar-refractivity contribution < 1.29 is 9.53 Å². The minimum absolute atomic E-state index is 0.0202. The van der Waals surface area contributed by atoms with Crippen LogP contribution in [-0.4, -0.2) is 17.8 Å². The predicted octanol–water partition coefficient (Wildman–Crippen LogP) is 2.43. The van der Waals surface area contributed by atoms with Gasteiger partial charge in [0.1, 0.15) is 0 Å². The second-order valence-electron chi connectivity index (χ2n) is 2.92. The first-order valence-corrected chi connectivity index (χ1v) is 5.14. The van der Waals surface area contributed by atoms with Crippen LogP contribution in [0, 0.1) is 0 Å². The highest BCUT2D eigenvalue weighted by Crippen LogP contribution is 2.03. The molecule has 0 saturated heterocycles. The zero-order chi connectivity index (χ0) is 9.40. The van der Waals surface area contributed by atoms with Gasteiger partial charge in [-0.1, -0.05) is 13.3 Å². The summed E-state index contributed by atoms with van der Waals surface area (Å²) in [5, 5.41) is 0. The summed E-state index contributed by atoms with van der Waals surface area (Å²) in [5.41, 5.74) is 0. The Hall–Kier alpha value is -0.180. The van der Waals surface area contributed by atoms with Crippen LogP contribution in [0.3, 0.4) is 0 Å². The van der Waals surface area contributed by atoms with E-state index in [4.69, 9.17) is 4.74 Å². The van der Waals surface area contributed by atoms with Gasteiger partial charge in [-0.15, -0.1) is 0 Å². The molecule has 0 aromatic carbocycles. The van der Waals surface area contributed by atoms with Crippen molar-refractivity contribution in [3.8, 4) is 0 Å². The first kappa shape index (κ1) is 11.8. The van der Waals surface area contributed by atoms with E-state index in [9.17, 15) is 4.79 Å². The van der Waals surface area contributed by atoms with Gasteiger partial charge in [-0.3, -0.25) is 4.79 Å². The molecule has 0 spiro atoms. The van der Waals surface area contributed by atoms with Crippen molar-refractivity contribution in [1.29, 1.82) is 0 Å². The van der Waals surface area contributed by atoms with Crippen LogP contribution in [0.25, 0.3) is 0 Å². The topological polar surface area (TPSA) is 26.3 Å². The van der Waals surface area contributed by atoms with Crippen LogP contribution in [0.15, 0.2) is 0 Å². The normalized spacial score (nSPS) is 12.6. The van der Waals surface area contributed by atoms with Crippen molar-refractivity contribution in [3.63, 3.8) is 0 Å². The SMILES string of the molecule is CCCCC(=O)OC(C)CCS. The summed E-state index contributed by atoms with van der Waals surface area (Å²) in [5.74, 6) is 0.688. The summed E-state index contributed by atoms with van der Waals surface area (Å²) in [4.78, 5) is 11.0. The Bertz CT molecular complexity index is 126. The molecular formula is C9H18O2S. The first-order chi connectivity index (χ1) is 5.70. The Kier molecular flexibility index (Phi) is 7.36. The summed E-state index contributed by atoms with van der Waals surface area (Å²) in [6.45, 7) is 3.96. The van der Waals surface area contributed by atoms with Crippen LogP contribution in [-0.2, 0) is 9.53 Å². The summed E-state index contributed by atoms with van der Waals surface area (Å²) < 4.78 is 5.11. The zero-order valence-corrected chi connectivity index (χ0v) is 8.77. The highest BCUT2D eigenvalue weighted by atomic mass is 32.1. The van der Waals surface area contributed by atoms with Crippen LogP contribution in [0.1, 0.15) is 39.5 Å². The van der Waals surface area contributed by atoms with Gasteiger partial charge in [0.2, 0.25) is 0 Å². The van der Waals surface area contributed by atoms with Gasteiger partial charge in [0.05, 0.1) is 6.10 Å². The van der Waals surface area contributed by atoms with Crippen molar-refractivity contribution in [1.82, 2.24) is 0 Å². The van der Waals surface area contributed by atoms with E-state index in [0.717, 1.165) is 25.0 Å². The Morgan fingerprint density at radius 1 is 1.58 bits per heavy atom. The lowest BCUT2D eigenvalue weighted by Crippen LogP contribution is -2.14. The molecule has 0 amide bonds. The number of rotatable bonds is 6. The Labute approximate surface area is 80.1 Å². The lowest BCUT2D eigenvalue weighted by molar-refractivity contribution is -0.148. The van der Waals surface area contributed by atoms with Crippen LogP contribution in [0.4, 0.5) is 0 Å². The van der Waals surface area contributed by atoms with E-state index in [1.54, 1.807) is 0 Å². The molecule has 72 valence electrons. The van der Waals surface area contributed by atoms with Crippen molar-refractivity contribution in [3.05, 3.63) is 0 Å². The average Bonchev–Trinajstić information content (AvgIpc) is 2.01. The lowest BCUT2D eigenvalue weighted by Gasteiger charge is -2.11. The molecule has 1 unspecified atom stereocenters. The van der Waals surface area contributed by atoms with Gasteiger partial charge in [0.25, 0.3) is 0 Å². The second kappa shape index (κ2) is 7.47. The smallest absolute Gasteiger partial charge is 0.306 e. The molecule has 0 aliphatic heterocycles. The number of hydrogen-bond donors (Lipinski definition) is 1. The number of ether oxygens (including phenoxy) is 1. The van der Waals surface area contributed by atoms with E-state index in [1.807, 2.05) is 6.92 Å². The molecular weight excluding hydrogens is 172 g/mol. The van der Waals surface area contributed by atoms with Gasteiger partial charge in [-0.25, -0.2) is 0 Å². The molecule has 0 aromatic heterocycles. The molecule has 2 nitrogen and oxygen atoms in total. The van der Waals surface area contributed by atoms with E-state index in [1.165, 1.54) is 0 Å². The molecule has 0 aliphatic rings. The van der Waals surface area contributed by atoms with Crippen LogP contribution in [0.2, 0.25) is 0 Å². The molecule has 0 fully saturated rings. The lowest BCUT2D eigenvalue weighted by atomic mass is 10.2. The number of thiol groups is 1. The van der Waals surface area contributed by atoms with Crippen LogP contribution < -0.4 is 0 Å². The molecule has 0 radical (unpaired) electrons. The fourth-order valence-corrected chi connectivity index (χ4v) is 1.21. The van der Waals surface area contributed by atoms with E-state index < -0.39 is 0 Å². The van der Waals surface area contributed by atoms with Crippen LogP contribution in [0.5, 0.6) is 0 Å². The minimum atomic E-state index is -0.0777. The largest absolute Gasteiger partial charge is 0.463 e. The third-order valence-electron chi connectivity index (χ3n) is 1.60. The van der Waals surface area contributed by atoms with Crippen LogP contribution >= 0.6 is 12.6 Å². The molecule has 0 aromatic rings. The Morgan fingerprint density at radius 3 is 2.75 bits per heavy atom. The maximum Gasteiger partial charge on any atom is 0.306 e. The van der Waals surface area contributed by atoms with Gasteiger partial charge >= 0.3 is 5.97 Å².